The lowest BCUT2D eigenvalue weighted by molar-refractivity contribution is -0.115. The van der Waals surface area contributed by atoms with Gasteiger partial charge in [-0.1, -0.05) is 15.9 Å². The molecule has 0 spiro atoms. The average Bonchev–Trinajstić information content (AvgIpc) is 2.52. The van der Waals surface area contributed by atoms with Gasteiger partial charge in [0.1, 0.15) is 5.82 Å². The second-order valence-corrected chi connectivity index (χ2v) is 6.25. The van der Waals surface area contributed by atoms with E-state index in [9.17, 15) is 14.0 Å². The Kier molecular flexibility index (Phi) is 5.92. The Morgan fingerprint density at radius 2 is 1.79 bits per heavy atom. The fourth-order valence-electron chi connectivity index (χ4n) is 2.00. The summed E-state index contributed by atoms with van der Waals surface area (Å²) in [4.78, 5) is 25.8. The van der Waals surface area contributed by atoms with Gasteiger partial charge in [0.2, 0.25) is 5.91 Å². The van der Waals surface area contributed by atoms with Crippen molar-refractivity contribution in [1.29, 1.82) is 0 Å². The summed E-state index contributed by atoms with van der Waals surface area (Å²) in [5.74, 6) is -1.41. The van der Waals surface area contributed by atoms with Crippen molar-refractivity contribution in [2.75, 3.05) is 30.9 Å². The first-order chi connectivity index (χ1) is 11.3. The maximum Gasteiger partial charge on any atom is 0.251 e. The van der Waals surface area contributed by atoms with Crippen LogP contribution in [0.25, 0.3) is 0 Å². The smallest absolute Gasteiger partial charge is 0.251 e. The van der Waals surface area contributed by atoms with Gasteiger partial charge in [-0.15, -0.1) is 0 Å². The Morgan fingerprint density at radius 1 is 1.12 bits per heavy atom. The van der Waals surface area contributed by atoms with Crippen molar-refractivity contribution in [2.45, 2.75) is 0 Å². The molecule has 0 aliphatic carbocycles. The summed E-state index contributed by atoms with van der Waals surface area (Å²) in [6, 6.07) is 11.1. The molecule has 0 radical (unpaired) electrons. The lowest BCUT2D eigenvalue weighted by Crippen LogP contribution is -2.32. The Morgan fingerprint density at radius 3 is 2.38 bits per heavy atom. The molecule has 0 bridgehead atoms. The van der Waals surface area contributed by atoms with Crippen molar-refractivity contribution in [3.8, 4) is 0 Å². The maximum atomic E-state index is 13.3. The van der Waals surface area contributed by atoms with Gasteiger partial charge in [0.25, 0.3) is 5.91 Å². The van der Waals surface area contributed by atoms with Crippen LogP contribution in [0, 0.1) is 5.82 Å². The molecule has 0 saturated heterocycles. The molecule has 0 saturated carbocycles. The molecule has 0 fully saturated rings. The SMILES string of the molecule is CN(C)c1ccc(NC(=O)CNC(=O)c2cc(F)cc(Br)c2)cc1. The van der Waals surface area contributed by atoms with Crippen molar-refractivity contribution >= 4 is 39.1 Å². The molecule has 2 rings (SSSR count). The fraction of sp³-hybridized carbons (Fsp3) is 0.176. The van der Waals surface area contributed by atoms with E-state index >= 15 is 0 Å². The number of benzene rings is 2. The predicted molar refractivity (Wildman–Crippen MR) is 95.8 cm³/mol. The van der Waals surface area contributed by atoms with Crippen LogP contribution in [0.3, 0.4) is 0 Å². The van der Waals surface area contributed by atoms with Gasteiger partial charge in [0.15, 0.2) is 0 Å². The monoisotopic (exact) mass is 393 g/mol. The molecular weight excluding hydrogens is 377 g/mol. The molecule has 2 aromatic carbocycles. The molecule has 0 unspecified atom stereocenters. The van der Waals surface area contributed by atoms with E-state index < -0.39 is 11.7 Å². The first-order valence-electron chi connectivity index (χ1n) is 7.16. The first-order valence-corrected chi connectivity index (χ1v) is 7.96. The third-order valence-electron chi connectivity index (χ3n) is 3.20. The van der Waals surface area contributed by atoms with E-state index in [0.717, 1.165) is 11.8 Å². The van der Waals surface area contributed by atoms with Crippen molar-refractivity contribution in [3.63, 3.8) is 0 Å². The molecule has 2 amide bonds. The summed E-state index contributed by atoms with van der Waals surface area (Å²) in [6.07, 6.45) is 0. The van der Waals surface area contributed by atoms with Crippen molar-refractivity contribution < 1.29 is 14.0 Å². The molecule has 0 aromatic heterocycles. The molecule has 0 aliphatic rings. The maximum absolute atomic E-state index is 13.3. The number of amides is 2. The van der Waals surface area contributed by atoms with E-state index in [1.165, 1.54) is 12.1 Å². The second kappa shape index (κ2) is 7.92. The Balaban J connectivity index is 1.89. The number of halogens is 2. The molecule has 0 heterocycles. The van der Waals surface area contributed by atoms with E-state index in [0.29, 0.717) is 10.2 Å². The molecule has 2 N–H and O–H groups in total. The third kappa shape index (κ3) is 5.06. The molecule has 7 heteroatoms. The Bertz CT molecular complexity index is 728. The van der Waals surface area contributed by atoms with Crippen LogP contribution < -0.4 is 15.5 Å². The third-order valence-corrected chi connectivity index (χ3v) is 3.66. The van der Waals surface area contributed by atoms with Gasteiger partial charge in [-0.05, 0) is 42.5 Å². The summed E-state index contributed by atoms with van der Waals surface area (Å²) in [7, 11) is 3.85. The summed E-state index contributed by atoms with van der Waals surface area (Å²) in [5.41, 5.74) is 1.79. The van der Waals surface area contributed by atoms with Crippen molar-refractivity contribution in [1.82, 2.24) is 5.32 Å². The van der Waals surface area contributed by atoms with Gasteiger partial charge in [-0.25, -0.2) is 4.39 Å². The van der Waals surface area contributed by atoms with E-state index in [4.69, 9.17) is 0 Å². The van der Waals surface area contributed by atoms with Crippen LogP contribution in [0.15, 0.2) is 46.9 Å². The van der Waals surface area contributed by atoms with Crippen LogP contribution in [0.5, 0.6) is 0 Å². The second-order valence-electron chi connectivity index (χ2n) is 5.33. The van der Waals surface area contributed by atoms with Crippen molar-refractivity contribution in [2.24, 2.45) is 0 Å². The normalized spacial score (nSPS) is 10.2. The topological polar surface area (TPSA) is 61.4 Å². The van der Waals surface area contributed by atoms with Crippen molar-refractivity contribution in [3.05, 3.63) is 58.3 Å². The molecule has 0 aliphatic heterocycles. The zero-order valence-corrected chi connectivity index (χ0v) is 14.9. The van der Waals surface area contributed by atoms with Gasteiger partial charge in [0.05, 0.1) is 6.54 Å². The highest BCUT2D eigenvalue weighted by Crippen LogP contribution is 2.16. The Labute approximate surface area is 148 Å². The number of carbonyl (C=O) groups excluding carboxylic acids is 2. The molecule has 2 aromatic rings. The average molecular weight is 394 g/mol. The van der Waals surface area contributed by atoms with Crippen LogP contribution in [0.1, 0.15) is 10.4 Å². The quantitative estimate of drug-likeness (QED) is 0.820. The number of rotatable bonds is 5. The zero-order chi connectivity index (χ0) is 17.7. The fourth-order valence-corrected chi connectivity index (χ4v) is 2.46. The lowest BCUT2D eigenvalue weighted by atomic mass is 10.2. The largest absolute Gasteiger partial charge is 0.378 e. The highest BCUT2D eigenvalue weighted by molar-refractivity contribution is 9.10. The van der Waals surface area contributed by atoms with Gasteiger partial charge < -0.3 is 15.5 Å². The first kappa shape index (κ1) is 17.9. The summed E-state index contributed by atoms with van der Waals surface area (Å²) >= 11 is 3.12. The van der Waals surface area contributed by atoms with Crippen LogP contribution in [-0.2, 0) is 4.79 Å². The number of nitrogens with one attached hydrogen (secondary N) is 2. The van der Waals surface area contributed by atoms with Crippen LogP contribution in [0.2, 0.25) is 0 Å². The molecule has 126 valence electrons. The summed E-state index contributed by atoms with van der Waals surface area (Å²) in [6.45, 7) is -0.206. The minimum Gasteiger partial charge on any atom is -0.378 e. The van der Waals surface area contributed by atoms with Gasteiger partial charge in [-0.3, -0.25) is 9.59 Å². The molecular formula is C17H17BrFN3O2. The molecule has 24 heavy (non-hydrogen) atoms. The summed E-state index contributed by atoms with van der Waals surface area (Å²) < 4.78 is 13.7. The minimum absolute atomic E-state index is 0.144. The van der Waals surface area contributed by atoms with Crippen LogP contribution >= 0.6 is 15.9 Å². The van der Waals surface area contributed by atoms with Gasteiger partial charge in [-0.2, -0.15) is 0 Å². The van der Waals surface area contributed by atoms with E-state index in [2.05, 4.69) is 26.6 Å². The van der Waals surface area contributed by atoms with E-state index in [-0.39, 0.29) is 18.0 Å². The predicted octanol–water partition coefficient (Wildman–Crippen LogP) is 3.02. The lowest BCUT2D eigenvalue weighted by Gasteiger charge is -2.13. The number of hydrogen-bond donors (Lipinski definition) is 2. The summed E-state index contributed by atoms with van der Waals surface area (Å²) in [5, 5.41) is 5.14. The zero-order valence-electron chi connectivity index (χ0n) is 13.3. The minimum atomic E-state index is -0.528. The highest BCUT2D eigenvalue weighted by atomic mass is 79.9. The van der Waals surface area contributed by atoms with Crippen LogP contribution in [-0.4, -0.2) is 32.5 Å². The standard InChI is InChI=1S/C17H17BrFN3O2/c1-22(2)15-5-3-14(4-6-15)21-16(23)10-20-17(24)11-7-12(18)9-13(19)8-11/h3-9H,10H2,1-2H3,(H,20,24)(H,21,23). The number of carbonyl (C=O) groups is 2. The molecule has 5 nitrogen and oxygen atoms in total. The Hall–Kier alpha value is -2.41. The number of nitrogens with zero attached hydrogens (tertiary/aromatic N) is 1. The molecule has 0 atom stereocenters. The van der Waals surface area contributed by atoms with Crippen LogP contribution in [0.4, 0.5) is 15.8 Å². The van der Waals surface area contributed by atoms with Gasteiger partial charge in [0, 0.05) is 35.5 Å². The van der Waals surface area contributed by atoms with E-state index in [1.807, 2.05) is 31.1 Å². The highest BCUT2D eigenvalue weighted by Gasteiger charge is 2.10. The van der Waals surface area contributed by atoms with E-state index in [1.54, 1.807) is 12.1 Å². The van der Waals surface area contributed by atoms with Gasteiger partial charge >= 0.3 is 0 Å². The number of anilines is 2. The number of hydrogen-bond acceptors (Lipinski definition) is 3.